The molecular weight excluding hydrogens is 260 g/mol. The molecule has 2 heterocycles. The summed E-state index contributed by atoms with van der Waals surface area (Å²) >= 11 is 5.79. The van der Waals surface area contributed by atoms with Crippen LogP contribution in [-0.4, -0.2) is 32.3 Å². The summed E-state index contributed by atoms with van der Waals surface area (Å²) in [5.74, 6) is -0.347. The number of carbonyl (C=O) groups is 1. The highest BCUT2D eigenvalue weighted by atomic mass is 35.5. The van der Waals surface area contributed by atoms with E-state index in [0.717, 1.165) is 0 Å². The van der Waals surface area contributed by atoms with Crippen molar-refractivity contribution in [2.45, 2.75) is 6.92 Å². The van der Waals surface area contributed by atoms with E-state index in [2.05, 4.69) is 15.1 Å². The van der Waals surface area contributed by atoms with E-state index in [1.165, 1.54) is 23.4 Å². The number of rotatable bonds is 3. The Labute approximate surface area is 106 Å². The molecule has 7 nitrogen and oxygen atoms in total. The molecule has 18 heavy (non-hydrogen) atoms. The molecule has 2 aromatic heterocycles. The highest BCUT2D eigenvalue weighted by Crippen LogP contribution is 2.12. The van der Waals surface area contributed by atoms with E-state index < -0.39 is 11.5 Å². The van der Waals surface area contributed by atoms with Crippen LogP contribution in [-0.2, 0) is 4.74 Å². The van der Waals surface area contributed by atoms with Gasteiger partial charge in [-0.15, -0.1) is 0 Å². The minimum absolute atomic E-state index is 0.101. The van der Waals surface area contributed by atoms with Gasteiger partial charge in [-0.05, 0) is 6.92 Å². The number of hydrogen-bond donors (Lipinski definition) is 1. The summed E-state index contributed by atoms with van der Waals surface area (Å²) in [5, 5.41) is 3.81. The lowest BCUT2D eigenvalue weighted by molar-refractivity contribution is 0.0526. The van der Waals surface area contributed by atoms with Crippen LogP contribution in [0, 0.1) is 0 Å². The van der Waals surface area contributed by atoms with Gasteiger partial charge in [-0.25, -0.2) is 14.5 Å². The van der Waals surface area contributed by atoms with Gasteiger partial charge in [-0.1, -0.05) is 11.6 Å². The van der Waals surface area contributed by atoms with Crippen LogP contribution in [0.15, 0.2) is 23.5 Å². The first-order chi connectivity index (χ1) is 8.63. The van der Waals surface area contributed by atoms with Crippen molar-refractivity contribution in [2.24, 2.45) is 0 Å². The second kappa shape index (κ2) is 5.01. The zero-order valence-corrected chi connectivity index (χ0v) is 10.1. The van der Waals surface area contributed by atoms with Crippen molar-refractivity contribution in [1.29, 1.82) is 0 Å². The van der Waals surface area contributed by atoms with Gasteiger partial charge in [-0.3, -0.25) is 4.79 Å². The maximum absolute atomic E-state index is 11.4. The summed E-state index contributed by atoms with van der Waals surface area (Å²) in [5.41, 5.74) is -0.218. The first-order valence-electron chi connectivity index (χ1n) is 5.08. The van der Waals surface area contributed by atoms with Crippen molar-refractivity contribution in [3.05, 3.63) is 39.7 Å². The van der Waals surface area contributed by atoms with Gasteiger partial charge in [0.15, 0.2) is 10.8 Å². The Morgan fingerprint density at radius 3 is 3.11 bits per heavy atom. The third kappa shape index (κ3) is 2.25. The Hall–Kier alpha value is -2.15. The van der Waals surface area contributed by atoms with E-state index in [0.29, 0.717) is 0 Å². The molecule has 1 N–H and O–H groups in total. The van der Waals surface area contributed by atoms with Crippen LogP contribution in [0.25, 0.3) is 5.82 Å². The maximum atomic E-state index is 11.4. The van der Waals surface area contributed by atoms with Crippen molar-refractivity contribution in [2.75, 3.05) is 6.61 Å². The molecule has 0 aromatic carbocycles. The van der Waals surface area contributed by atoms with Crippen molar-refractivity contribution < 1.29 is 9.53 Å². The molecule has 0 aliphatic carbocycles. The third-order valence-corrected chi connectivity index (χ3v) is 2.43. The standard InChI is InChI=1S/C10H9ClN4O3/c1-2-18-10(17)6-3-14-15(4-6)8-7(11)9(16)13-5-12-8/h3-5H,2H2,1H3,(H,12,13,16). The van der Waals surface area contributed by atoms with Crippen molar-refractivity contribution >= 4 is 17.6 Å². The van der Waals surface area contributed by atoms with E-state index in [1.807, 2.05) is 0 Å². The second-order valence-corrected chi connectivity index (χ2v) is 3.64. The van der Waals surface area contributed by atoms with Crippen LogP contribution in [0.5, 0.6) is 0 Å². The van der Waals surface area contributed by atoms with E-state index >= 15 is 0 Å². The number of aromatic amines is 1. The second-order valence-electron chi connectivity index (χ2n) is 3.26. The molecule has 94 valence electrons. The highest BCUT2D eigenvalue weighted by Gasteiger charge is 2.13. The molecule has 0 radical (unpaired) electrons. The van der Waals surface area contributed by atoms with E-state index in [4.69, 9.17) is 16.3 Å². The largest absolute Gasteiger partial charge is 0.462 e. The first-order valence-corrected chi connectivity index (χ1v) is 5.46. The Balaban J connectivity index is 2.38. The lowest BCUT2D eigenvalue weighted by atomic mass is 10.4. The average molecular weight is 269 g/mol. The number of aromatic nitrogens is 4. The molecule has 0 aliphatic heterocycles. The quantitative estimate of drug-likeness (QED) is 0.831. The number of halogens is 1. The fourth-order valence-electron chi connectivity index (χ4n) is 1.29. The smallest absolute Gasteiger partial charge is 0.341 e. The summed E-state index contributed by atoms with van der Waals surface area (Å²) in [6.07, 6.45) is 3.91. The molecule has 0 unspecified atom stereocenters. The summed E-state index contributed by atoms with van der Waals surface area (Å²) in [4.78, 5) is 29.0. The number of nitrogens with one attached hydrogen (secondary N) is 1. The minimum atomic E-state index is -0.496. The summed E-state index contributed by atoms with van der Waals surface area (Å²) < 4.78 is 6.06. The highest BCUT2D eigenvalue weighted by molar-refractivity contribution is 6.31. The SMILES string of the molecule is CCOC(=O)c1cnn(-c2nc[nH]c(=O)c2Cl)c1. The van der Waals surface area contributed by atoms with Gasteiger partial charge in [-0.2, -0.15) is 5.10 Å². The number of ether oxygens (including phenoxy) is 1. The van der Waals surface area contributed by atoms with Crippen LogP contribution >= 0.6 is 11.6 Å². The predicted molar refractivity (Wildman–Crippen MR) is 62.9 cm³/mol. The number of H-pyrrole nitrogens is 1. The van der Waals surface area contributed by atoms with Gasteiger partial charge in [0.2, 0.25) is 0 Å². The van der Waals surface area contributed by atoms with Gasteiger partial charge in [0.05, 0.1) is 24.7 Å². The maximum Gasteiger partial charge on any atom is 0.341 e. The lowest BCUT2D eigenvalue weighted by Gasteiger charge is -2.00. The molecule has 2 aromatic rings. The Morgan fingerprint density at radius 1 is 1.61 bits per heavy atom. The van der Waals surface area contributed by atoms with Crippen molar-refractivity contribution in [3.8, 4) is 5.82 Å². The fourth-order valence-corrected chi connectivity index (χ4v) is 1.48. The van der Waals surface area contributed by atoms with Crippen LogP contribution in [0.2, 0.25) is 5.02 Å². The topological polar surface area (TPSA) is 89.9 Å². The average Bonchev–Trinajstić information content (AvgIpc) is 2.82. The first kappa shape index (κ1) is 12.3. The monoisotopic (exact) mass is 268 g/mol. The van der Waals surface area contributed by atoms with E-state index in [1.54, 1.807) is 6.92 Å². The Kier molecular flexibility index (Phi) is 3.42. The molecule has 0 fully saturated rings. The zero-order chi connectivity index (χ0) is 13.1. The molecule has 2 rings (SSSR count). The number of nitrogens with zero attached hydrogens (tertiary/aromatic N) is 3. The number of hydrogen-bond acceptors (Lipinski definition) is 5. The predicted octanol–water partition coefficient (Wildman–Crippen LogP) is 0.786. The molecule has 0 saturated heterocycles. The molecule has 0 atom stereocenters. The fraction of sp³-hybridized carbons (Fsp3) is 0.200. The van der Waals surface area contributed by atoms with Crippen molar-refractivity contribution in [1.82, 2.24) is 19.7 Å². The van der Waals surface area contributed by atoms with Crippen molar-refractivity contribution in [3.63, 3.8) is 0 Å². The molecule has 8 heteroatoms. The Bertz CT molecular complexity index is 634. The minimum Gasteiger partial charge on any atom is -0.462 e. The van der Waals surface area contributed by atoms with Gasteiger partial charge < -0.3 is 9.72 Å². The van der Waals surface area contributed by atoms with Gasteiger partial charge in [0.1, 0.15) is 0 Å². The summed E-state index contributed by atoms with van der Waals surface area (Å²) in [6, 6.07) is 0. The van der Waals surface area contributed by atoms with Crippen LogP contribution in [0.4, 0.5) is 0 Å². The normalized spacial score (nSPS) is 10.3. The summed E-state index contributed by atoms with van der Waals surface area (Å²) in [7, 11) is 0. The van der Waals surface area contributed by atoms with Gasteiger partial charge >= 0.3 is 5.97 Å². The molecule has 0 spiro atoms. The van der Waals surface area contributed by atoms with Crippen LogP contribution in [0.1, 0.15) is 17.3 Å². The molecule has 0 bridgehead atoms. The number of carbonyl (C=O) groups excluding carboxylic acids is 1. The molecule has 0 aliphatic rings. The van der Waals surface area contributed by atoms with Crippen LogP contribution < -0.4 is 5.56 Å². The molecule has 0 amide bonds. The Morgan fingerprint density at radius 2 is 2.39 bits per heavy atom. The zero-order valence-electron chi connectivity index (χ0n) is 9.38. The molecular formula is C10H9ClN4O3. The van der Waals surface area contributed by atoms with E-state index in [-0.39, 0.29) is 23.0 Å². The number of esters is 1. The summed E-state index contributed by atoms with van der Waals surface area (Å²) in [6.45, 7) is 1.98. The van der Waals surface area contributed by atoms with Gasteiger partial charge in [0.25, 0.3) is 5.56 Å². The van der Waals surface area contributed by atoms with Crippen LogP contribution in [0.3, 0.4) is 0 Å². The lowest BCUT2D eigenvalue weighted by Crippen LogP contribution is -2.12. The third-order valence-electron chi connectivity index (χ3n) is 2.09. The molecule has 0 saturated carbocycles. The van der Waals surface area contributed by atoms with E-state index in [9.17, 15) is 9.59 Å². The van der Waals surface area contributed by atoms with Gasteiger partial charge in [0, 0.05) is 6.20 Å².